The van der Waals surface area contributed by atoms with Gasteiger partial charge in [-0.05, 0) is 48.9 Å². The summed E-state index contributed by atoms with van der Waals surface area (Å²) in [7, 11) is 1.64. The zero-order valence-corrected chi connectivity index (χ0v) is 10.7. The maximum Gasteiger partial charge on any atom is 0.228 e. The van der Waals surface area contributed by atoms with Gasteiger partial charge in [0, 0.05) is 11.6 Å². The van der Waals surface area contributed by atoms with Crippen LogP contribution in [0.15, 0.2) is 24.3 Å². The Morgan fingerprint density at radius 2 is 1.78 bits per heavy atom. The van der Waals surface area contributed by atoms with Crippen molar-refractivity contribution in [3.05, 3.63) is 24.3 Å². The summed E-state index contributed by atoms with van der Waals surface area (Å²) in [5.74, 6) is 2.62. The predicted octanol–water partition coefficient (Wildman–Crippen LogP) is 3.07. The summed E-state index contributed by atoms with van der Waals surface area (Å²) in [6.45, 7) is 0. The first-order chi connectivity index (χ1) is 8.79. The Morgan fingerprint density at radius 3 is 2.33 bits per heavy atom. The fourth-order valence-electron chi connectivity index (χ4n) is 3.28. The molecule has 0 heterocycles. The molecule has 0 radical (unpaired) electrons. The van der Waals surface area contributed by atoms with E-state index in [-0.39, 0.29) is 11.8 Å². The molecule has 0 spiro atoms. The molecule has 18 heavy (non-hydrogen) atoms. The lowest BCUT2D eigenvalue weighted by molar-refractivity contribution is -0.117. The number of fused-ring (bicyclic) bond motifs is 1. The number of benzene rings is 1. The summed E-state index contributed by atoms with van der Waals surface area (Å²) in [6.07, 6.45) is 5.08. The van der Waals surface area contributed by atoms with E-state index >= 15 is 0 Å². The van der Waals surface area contributed by atoms with Gasteiger partial charge in [0.25, 0.3) is 0 Å². The van der Waals surface area contributed by atoms with Crippen LogP contribution in [0.3, 0.4) is 0 Å². The van der Waals surface area contributed by atoms with Gasteiger partial charge in [0.2, 0.25) is 5.91 Å². The first kappa shape index (κ1) is 11.6. The average molecular weight is 245 g/mol. The standard InChI is InChI=1S/C15H19NO2/c1-18-11-8-6-10(7-9-11)16-15(17)14-12-4-2-3-5-13(12)14/h6-9,12-14H,2-5H2,1H3,(H,16,17)/t12-,13+,14?. The summed E-state index contributed by atoms with van der Waals surface area (Å²) < 4.78 is 5.10. The van der Waals surface area contributed by atoms with Crippen LogP contribution in [0.1, 0.15) is 25.7 Å². The Labute approximate surface area is 108 Å². The van der Waals surface area contributed by atoms with E-state index in [1.54, 1.807) is 7.11 Å². The van der Waals surface area contributed by atoms with Crippen LogP contribution in [0.5, 0.6) is 5.75 Å². The van der Waals surface area contributed by atoms with Crippen LogP contribution in [0.25, 0.3) is 0 Å². The van der Waals surface area contributed by atoms with Gasteiger partial charge < -0.3 is 10.1 Å². The van der Waals surface area contributed by atoms with E-state index in [1.807, 2.05) is 24.3 Å². The lowest BCUT2D eigenvalue weighted by Crippen LogP contribution is -2.15. The highest BCUT2D eigenvalue weighted by Gasteiger charge is 2.54. The van der Waals surface area contributed by atoms with E-state index in [9.17, 15) is 4.79 Å². The molecular formula is C15H19NO2. The van der Waals surface area contributed by atoms with Gasteiger partial charge in [-0.25, -0.2) is 0 Å². The van der Waals surface area contributed by atoms with Crippen molar-refractivity contribution in [2.45, 2.75) is 25.7 Å². The molecule has 1 aromatic carbocycles. The monoisotopic (exact) mass is 245 g/mol. The molecule has 1 unspecified atom stereocenters. The molecule has 3 atom stereocenters. The van der Waals surface area contributed by atoms with Crippen LogP contribution in [-0.2, 0) is 4.79 Å². The average Bonchev–Trinajstić information content (AvgIpc) is 3.14. The number of amides is 1. The maximum absolute atomic E-state index is 12.2. The van der Waals surface area contributed by atoms with Crippen molar-refractivity contribution in [1.82, 2.24) is 0 Å². The number of carbonyl (C=O) groups excluding carboxylic acids is 1. The fraction of sp³-hybridized carbons (Fsp3) is 0.533. The van der Waals surface area contributed by atoms with Gasteiger partial charge in [0.15, 0.2) is 0 Å². The third-order valence-electron chi connectivity index (χ3n) is 4.32. The van der Waals surface area contributed by atoms with Gasteiger partial charge in [-0.15, -0.1) is 0 Å². The van der Waals surface area contributed by atoms with Gasteiger partial charge in [-0.2, -0.15) is 0 Å². The number of ether oxygens (including phenoxy) is 1. The van der Waals surface area contributed by atoms with Crippen molar-refractivity contribution in [2.24, 2.45) is 17.8 Å². The van der Waals surface area contributed by atoms with Crippen molar-refractivity contribution < 1.29 is 9.53 Å². The fourth-order valence-corrected chi connectivity index (χ4v) is 3.28. The summed E-state index contributed by atoms with van der Waals surface area (Å²) >= 11 is 0. The summed E-state index contributed by atoms with van der Waals surface area (Å²) in [6, 6.07) is 7.52. The predicted molar refractivity (Wildman–Crippen MR) is 70.6 cm³/mol. The first-order valence-electron chi connectivity index (χ1n) is 6.74. The highest BCUT2D eigenvalue weighted by molar-refractivity contribution is 5.94. The van der Waals surface area contributed by atoms with Crippen LogP contribution in [-0.4, -0.2) is 13.0 Å². The van der Waals surface area contributed by atoms with Gasteiger partial charge >= 0.3 is 0 Å². The van der Waals surface area contributed by atoms with Crippen molar-refractivity contribution in [3.63, 3.8) is 0 Å². The third kappa shape index (κ3) is 2.09. The van der Waals surface area contributed by atoms with E-state index in [1.165, 1.54) is 25.7 Å². The van der Waals surface area contributed by atoms with E-state index < -0.39 is 0 Å². The molecule has 3 rings (SSSR count). The Hall–Kier alpha value is -1.51. The normalized spacial score (nSPS) is 29.3. The van der Waals surface area contributed by atoms with Crippen molar-refractivity contribution in [1.29, 1.82) is 0 Å². The smallest absolute Gasteiger partial charge is 0.228 e. The van der Waals surface area contributed by atoms with Crippen LogP contribution in [0.2, 0.25) is 0 Å². The van der Waals surface area contributed by atoms with E-state index in [2.05, 4.69) is 5.32 Å². The topological polar surface area (TPSA) is 38.3 Å². The molecule has 1 aromatic rings. The van der Waals surface area contributed by atoms with Crippen LogP contribution >= 0.6 is 0 Å². The maximum atomic E-state index is 12.2. The molecule has 1 N–H and O–H groups in total. The van der Waals surface area contributed by atoms with Gasteiger partial charge in [-0.3, -0.25) is 4.79 Å². The lowest BCUT2D eigenvalue weighted by Gasteiger charge is -2.05. The van der Waals surface area contributed by atoms with E-state index in [0.717, 1.165) is 11.4 Å². The highest BCUT2D eigenvalue weighted by Crippen LogP contribution is 2.55. The molecule has 3 heteroatoms. The van der Waals surface area contributed by atoms with Crippen molar-refractivity contribution in [2.75, 3.05) is 12.4 Å². The number of nitrogens with one attached hydrogen (secondary N) is 1. The van der Waals surface area contributed by atoms with Gasteiger partial charge in [0.05, 0.1) is 7.11 Å². The second-order valence-corrected chi connectivity index (χ2v) is 5.36. The molecule has 0 aliphatic heterocycles. The SMILES string of the molecule is COc1ccc(NC(=O)C2[C@H]3CCCC[C@@H]23)cc1. The zero-order chi connectivity index (χ0) is 12.5. The van der Waals surface area contributed by atoms with Crippen molar-refractivity contribution >= 4 is 11.6 Å². The quantitative estimate of drug-likeness (QED) is 0.888. The minimum atomic E-state index is 0.206. The number of carbonyl (C=O) groups is 1. The highest BCUT2D eigenvalue weighted by atomic mass is 16.5. The molecule has 2 saturated carbocycles. The second kappa shape index (κ2) is 4.63. The molecule has 3 nitrogen and oxygen atoms in total. The number of hydrogen-bond donors (Lipinski definition) is 1. The summed E-state index contributed by atoms with van der Waals surface area (Å²) in [4.78, 5) is 12.2. The van der Waals surface area contributed by atoms with Gasteiger partial charge in [0.1, 0.15) is 5.75 Å². The molecule has 0 bridgehead atoms. The molecule has 2 aliphatic rings. The number of hydrogen-bond acceptors (Lipinski definition) is 2. The zero-order valence-electron chi connectivity index (χ0n) is 10.7. The summed E-state index contributed by atoms with van der Waals surface area (Å²) in [5.41, 5.74) is 0.865. The molecule has 2 fully saturated rings. The molecule has 1 amide bonds. The van der Waals surface area contributed by atoms with Gasteiger partial charge in [-0.1, -0.05) is 12.8 Å². The summed E-state index contributed by atoms with van der Waals surface area (Å²) in [5, 5.41) is 3.02. The number of methoxy groups -OCH3 is 1. The molecule has 2 aliphatic carbocycles. The first-order valence-corrected chi connectivity index (χ1v) is 6.74. The van der Waals surface area contributed by atoms with Crippen LogP contribution in [0.4, 0.5) is 5.69 Å². The molecule has 0 aromatic heterocycles. The van der Waals surface area contributed by atoms with E-state index in [0.29, 0.717) is 11.8 Å². The molecule has 96 valence electrons. The Bertz CT molecular complexity index is 428. The second-order valence-electron chi connectivity index (χ2n) is 5.36. The molecular weight excluding hydrogens is 226 g/mol. The number of rotatable bonds is 3. The minimum absolute atomic E-state index is 0.206. The van der Waals surface area contributed by atoms with Crippen LogP contribution in [0, 0.1) is 17.8 Å². The lowest BCUT2D eigenvalue weighted by atomic mass is 10.0. The minimum Gasteiger partial charge on any atom is -0.497 e. The van der Waals surface area contributed by atoms with Crippen LogP contribution < -0.4 is 10.1 Å². The Kier molecular flexibility index (Phi) is 2.98. The third-order valence-corrected chi connectivity index (χ3v) is 4.32. The molecule has 0 saturated heterocycles. The Morgan fingerprint density at radius 1 is 1.17 bits per heavy atom. The Balaban J connectivity index is 1.60. The van der Waals surface area contributed by atoms with Crippen molar-refractivity contribution in [3.8, 4) is 5.75 Å². The van der Waals surface area contributed by atoms with E-state index in [4.69, 9.17) is 4.74 Å². The largest absolute Gasteiger partial charge is 0.497 e. The number of anilines is 1.